The van der Waals surface area contributed by atoms with Crippen molar-refractivity contribution in [3.05, 3.63) is 0 Å². The van der Waals surface area contributed by atoms with Crippen LogP contribution in [0.1, 0.15) is 39.5 Å². The molecule has 0 aliphatic heterocycles. The van der Waals surface area contributed by atoms with Crippen molar-refractivity contribution in [2.75, 3.05) is 0 Å². The van der Waals surface area contributed by atoms with Crippen molar-refractivity contribution >= 4 is 16.6 Å². The standard InChI is InChI=1S/C18H32N2O2Si2/c1-15-9-17(13-19,21-23(3,4)5)11-16(15,2)12-18(10-15,14-20)22-24(6,7)8/h9-12H2,1-8H3. The third-order valence-corrected chi connectivity index (χ3v) is 7.58. The molecule has 0 saturated heterocycles. The van der Waals surface area contributed by atoms with Crippen LogP contribution < -0.4 is 0 Å². The van der Waals surface area contributed by atoms with Gasteiger partial charge in [0.2, 0.25) is 0 Å². The molecule has 2 aliphatic carbocycles. The molecule has 0 atom stereocenters. The normalized spacial score (nSPS) is 42.4. The Morgan fingerprint density at radius 1 is 0.667 bits per heavy atom. The lowest BCUT2D eigenvalue weighted by molar-refractivity contribution is 0.0684. The second kappa shape index (κ2) is 5.41. The molecule has 0 bridgehead atoms. The first-order chi connectivity index (χ1) is 10.6. The number of nitriles is 2. The van der Waals surface area contributed by atoms with Gasteiger partial charge in [-0.05, 0) is 75.8 Å². The van der Waals surface area contributed by atoms with Crippen molar-refractivity contribution in [1.29, 1.82) is 10.5 Å². The van der Waals surface area contributed by atoms with E-state index in [1.807, 2.05) is 0 Å². The SMILES string of the molecule is CC12CC(C#N)(O[Si](C)(C)C)CC1(C)CC(C#N)(O[Si](C)(C)C)C2. The molecule has 24 heavy (non-hydrogen) atoms. The minimum absolute atomic E-state index is 0.0994. The van der Waals surface area contributed by atoms with Gasteiger partial charge in [0.15, 0.2) is 16.6 Å². The van der Waals surface area contributed by atoms with Gasteiger partial charge in [-0.15, -0.1) is 0 Å². The molecule has 2 rings (SSSR count). The van der Waals surface area contributed by atoms with E-state index in [1.165, 1.54) is 0 Å². The molecule has 0 aromatic rings. The zero-order valence-corrected chi connectivity index (χ0v) is 18.5. The fraction of sp³-hybridized carbons (Fsp3) is 0.889. The minimum Gasteiger partial charge on any atom is -0.400 e. The highest BCUT2D eigenvalue weighted by molar-refractivity contribution is 6.70. The summed E-state index contributed by atoms with van der Waals surface area (Å²) in [6.45, 7) is 17.3. The van der Waals surface area contributed by atoms with Gasteiger partial charge < -0.3 is 8.85 Å². The lowest BCUT2D eigenvalue weighted by atomic mass is 9.71. The molecule has 0 spiro atoms. The first-order valence-electron chi connectivity index (χ1n) is 8.84. The number of hydrogen-bond acceptors (Lipinski definition) is 4. The molecule has 0 N–H and O–H groups in total. The molecule has 0 radical (unpaired) electrons. The summed E-state index contributed by atoms with van der Waals surface area (Å²) in [5.74, 6) is 0. The van der Waals surface area contributed by atoms with Crippen LogP contribution in [0.25, 0.3) is 0 Å². The number of nitrogens with zero attached hydrogens (tertiary/aromatic N) is 2. The number of fused-ring (bicyclic) bond motifs is 1. The molecule has 0 aromatic heterocycles. The molecular formula is C18H32N2O2Si2. The van der Waals surface area contributed by atoms with Gasteiger partial charge in [0, 0.05) is 0 Å². The van der Waals surface area contributed by atoms with Crippen molar-refractivity contribution in [1.82, 2.24) is 0 Å². The van der Waals surface area contributed by atoms with Crippen LogP contribution in [-0.2, 0) is 8.85 Å². The van der Waals surface area contributed by atoms with Crippen LogP contribution in [0.2, 0.25) is 39.3 Å². The van der Waals surface area contributed by atoms with E-state index in [0.717, 1.165) is 0 Å². The predicted octanol–water partition coefficient (Wildman–Crippen LogP) is 4.81. The van der Waals surface area contributed by atoms with Gasteiger partial charge >= 0.3 is 0 Å². The van der Waals surface area contributed by atoms with Crippen LogP contribution in [0.3, 0.4) is 0 Å². The van der Waals surface area contributed by atoms with E-state index in [0.29, 0.717) is 25.7 Å². The zero-order valence-electron chi connectivity index (χ0n) is 16.5. The second-order valence-corrected chi connectivity index (χ2v) is 19.3. The molecule has 2 fully saturated rings. The maximum atomic E-state index is 9.90. The molecule has 0 aromatic carbocycles. The summed E-state index contributed by atoms with van der Waals surface area (Å²) in [5.41, 5.74) is -1.60. The maximum absolute atomic E-state index is 9.90. The highest BCUT2D eigenvalue weighted by Crippen LogP contribution is 2.69. The van der Waals surface area contributed by atoms with Crippen LogP contribution in [-0.4, -0.2) is 27.8 Å². The molecule has 6 heteroatoms. The van der Waals surface area contributed by atoms with Gasteiger partial charge in [0.1, 0.15) is 11.2 Å². The Hall–Kier alpha value is -0.666. The Morgan fingerprint density at radius 2 is 0.917 bits per heavy atom. The van der Waals surface area contributed by atoms with Crippen LogP contribution in [0.4, 0.5) is 0 Å². The van der Waals surface area contributed by atoms with Gasteiger partial charge in [-0.1, -0.05) is 13.8 Å². The highest BCUT2D eigenvalue weighted by atomic mass is 28.4. The summed E-state index contributed by atoms with van der Waals surface area (Å²) in [6.07, 6.45) is 2.82. The molecule has 2 saturated carbocycles. The summed E-state index contributed by atoms with van der Waals surface area (Å²) in [6, 6.07) is 5.01. The molecular weight excluding hydrogens is 332 g/mol. The summed E-state index contributed by atoms with van der Waals surface area (Å²) in [7, 11) is -3.65. The average Bonchev–Trinajstić information content (AvgIpc) is 2.64. The lowest BCUT2D eigenvalue weighted by Gasteiger charge is -2.36. The summed E-state index contributed by atoms with van der Waals surface area (Å²) in [4.78, 5) is 0. The fourth-order valence-electron chi connectivity index (χ4n) is 5.14. The quantitative estimate of drug-likeness (QED) is 0.671. The van der Waals surface area contributed by atoms with E-state index < -0.39 is 27.8 Å². The monoisotopic (exact) mass is 364 g/mol. The molecule has 4 nitrogen and oxygen atoms in total. The number of rotatable bonds is 4. The van der Waals surface area contributed by atoms with E-state index in [4.69, 9.17) is 8.85 Å². The summed E-state index contributed by atoms with van der Waals surface area (Å²) >= 11 is 0. The van der Waals surface area contributed by atoms with Gasteiger partial charge in [-0.2, -0.15) is 10.5 Å². The van der Waals surface area contributed by atoms with E-state index in [2.05, 4.69) is 65.3 Å². The molecule has 0 heterocycles. The van der Waals surface area contributed by atoms with Crippen LogP contribution in [0.5, 0.6) is 0 Å². The van der Waals surface area contributed by atoms with E-state index in [1.54, 1.807) is 0 Å². The zero-order chi connectivity index (χ0) is 18.7. The Bertz CT molecular complexity index is 538. The smallest absolute Gasteiger partial charge is 0.185 e. The van der Waals surface area contributed by atoms with Crippen LogP contribution in [0, 0.1) is 33.5 Å². The third-order valence-electron chi connectivity index (χ3n) is 5.57. The average molecular weight is 365 g/mol. The number of hydrogen-bond donors (Lipinski definition) is 0. The van der Waals surface area contributed by atoms with Gasteiger partial charge in [0.25, 0.3) is 0 Å². The Balaban J connectivity index is 2.34. The highest BCUT2D eigenvalue weighted by Gasteiger charge is 2.69. The van der Waals surface area contributed by atoms with E-state index in [9.17, 15) is 10.5 Å². The molecule has 0 amide bonds. The Labute approximate surface area is 149 Å². The van der Waals surface area contributed by atoms with Gasteiger partial charge in [-0.3, -0.25) is 0 Å². The Kier molecular flexibility index (Phi) is 4.43. The molecule has 2 aliphatic rings. The van der Waals surface area contributed by atoms with Crippen LogP contribution in [0.15, 0.2) is 0 Å². The third kappa shape index (κ3) is 3.48. The molecule has 0 unspecified atom stereocenters. The van der Waals surface area contributed by atoms with Crippen molar-refractivity contribution in [2.24, 2.45) is 10.8 Å². The molecule has 134 valence electrons. The van der Waals surface area contributed by atoms with Crippen LogP contribution >= 0.6 is 0 Å². The largest absolute Gasteiger partial charge is 0.400 e. The summed E-state index contributed by atoms with van der Waals surface area (Å²) in [5, 5.41) is 19.8. The van der Waals surface area contributed by atoms with Crippen molar-refractivity contribution in [3.63, 3.8) is 0 Å². The Morgan fingerprint density at radius 3 is 1.08 bits per heavy atom. The van der Waals surface area contributed by atoms with Crippen molar-refractivity contribution < 1.29 is 8.85 Å². The van der Waals surface area contributed by atoms with Crippen molar-refractivity contribution in [2.45, 2.75) is 90.0 Å². The first kappa shape index (κ1) is 19.7. The van der Waals surface area contributed by atoms with Gasteiger partial charge in [0.05, 0.1) is 12.1 Å². The first-order valence-corrected chi connectivity index (χ1v) is 15.7. The minimum atomic E-state index is -1.82. The van der Waals surface area contributed by atoms with E-state index in [-0.39, 0.29) is 10.8 Å². The topological polar surface area (TPSA) is 66.0 Å². The van der Waals surface area contributed by atoms with Gasteiger partial charge in [-0.25, -0.2) is 0 Å². The van der Waals surface area contributed by atoms with Crippen molar-refractivity contribution in [3.8, 4) is 12.1 Å². The van der Waals surface area contributed by atoms with E-state index >= 15 is 0 Å². The fourth-order valence-corrected chi connectivity index (χ4v) is 7.87. The summed E-state index contributed by atoms with van der Waals surface area (Å²) < 4.78 is 12.7. The maximum Gasteiger partial charge on any atom is 0.185 e. The lowest BCUT2D eigenvalue weighted by Crippen LogP contribution is -2.44. The predicted molar refractivity (Wildman–Crippen MR) is 100 cm³/mol. The second-order valence-electron chi connectivity index (χ2n) is 10.5.